The van der Waals surface area contributed by atoms with E-state index in [1.165, 1.54) is 0 Å². The first-order chi connectivity index (χ1) is 10.5. The number of hydrogen-bond acceptors (Lipinski definition) is 3. The van der Waals surface area contributed by atoms with E-state index in [1.54, 1.807) is 13.1 Å². The third kappa shape index (κ3) is 1.27. The summed E-state index contributed by atoms with van der Waals surface area (Å²) in [5, 5.41) is 19.8. The Morgan fingerprint density at radius 1 is 1.32 bits per heavy atom. The highest BCUT2D eigenvalue weighted by molar-refractivity contribution is 5.81. The van der Waals surface area contributed by atoms with Gasteiger partial charge in [-0.25, -0.2) is 0 Å². The molecule has 0 saturated carbocycles. The average Bonchev–Trinajstić information content (AvgIpc) is 2.55. The summed E-state index contributed by atoms with van der Waals surface area (Å²) in [6.45, 7) is 1.75. The highest BCUT2D eigenvalue weighted by atomic mass is 16.4. The first-order valence-electron chi connectivity index (χ1n) is 7.24. The molecule has 1 aromatic carbocycles. The molecule has 3 atom stereocenters. The van der Waals surface area contributed by atoms with Crippen LogP contribution in [0.1, 0.15) is 41.6 Å². The molecule has 2 bridgehead atoms. The summed E-state index contributed by atoms with van der Waals surface area (Å²) in [7, 11) is 0. The monoisotopic (exact) mass is 290 g/mol. The van der Waals surface area contributed by atoms with Gasteiger partial charge in [0.05, 0.1) is 17.2 Å². The molecule has 3 aliphatic rings. The van der Waals surface area contributed by atoms with Gasteiger partial charge in [-0.05, 0) is 36.1 Å². The third-order valence-corrected chi connectivity index (χ3v) is 5.23. The molecule has 0 saturated heterocycles. The van der Waals surface area contributed by atoms with Crippen molar-refractivity contribution in [2.24, 2.45) is 5.41 Å². The van der Waals surface area contributed by atoms with Gasteiger partial charge in [0.15, 0.2) is 0 Å². The van der Waals surface area contributed by atoms with Gasteiger partial charge in [0.1, 0.15) is 5.41 Å². The number of rotatable bonds is 1. The van der Waals surface area contributed by atoms with Crippen molar-refractivity contribution in [3.05, 3.63) is 65.0 Å². The lowest BCUT2D eigenvalue weighted by Gasteiger charge is -2.52. The number of carbonyl (C=O) groups is 1. The second-order valence-electron chi connectivity index (χ2n) is 6.38. The normalized spacial score (nSPS) is 31.0. The number of nitrogens with zero attached hydrogens (tertiary/aromatic N) is 2. The van der Waals surface area contributed by atoms with E-state index < -0.39 is 16.8 Å². The molecular weight excluding hydrogens is 276 g/mol. The molecule has 1 N–H and O–H groups in total. The van der Waals surface area contributed by atoms with E-state index in [4.69, 9.17) is 0 Å². The molecule has 3 unspecified atom stereocenters. The van der Waals surface area contributed by atoms with Crippen LogP contribution in [0.4, 0.5) is 0 Å². The second-order valence-corrected chi connectivity index (χ2v) is 6.38. The predicted molar refractivity (Wildman–Crippen MR) is 79.3 cm³/mol. The first kappa shape index (κ1) is 13.0. The summed E-state index contributed by atoms with van der Waals surface area (Å²) in [6, 6.07) is 13.8. The van der Waals surface area contributed by atoms with Gasteiger partial charge < -0.3 is 5.11 Å². The van der Waals surface area contributed by atoms with Crippen molar-refractivity contribution in [2.45, 2.75) is 24.7 Å². The van der Waals surface area contributed by atoms with Gasteiger partial charge in [0, 0.05) is 12.1 Å². The lowest BCUT2D eigenvalue weighted by molar-refractivity contribution is -0.150. The Bertz CT molecular complexity index is 805. The molecule has 5 rings (SSSR count). The van der Waals surface area contributed by atoms with Crippen LogP contribution >= 0.6 is 0 Å². The molecule has 1 heterocycles. The predicted octanol–water partition coefficient (Wildman–Crippen LogP) is 2.83. The minimum Gasteiger partial charge on any atom is -0.481 e. The third-order valence-electron chi connectivity index (χ3n) is 5.23. The van der Waals surface area contributed by atoms with Gasteiger partial charge in [-0.3, -0.25) is 9.78 Å². The Morgan fingerprint density at radius 2 is 2.05 bits per heavy atom. The molecular formula is C18H14N2O2. The van der Waals surface area contributed by atoms with E-state index in [2.05, 4.69) is 11.1 Å². The second kappa shape index (κ2) is 3.95. The van der Waals surface area contributed by atoms with E-state index in [0.29, 0.717) is 0 Å². The van der Waals surface area contributed by atoms with Gasteiger partial charge in [-0.1, -0.05) is 30.3 Å². The number of carboxylic acid groups (broad SMARTS) is 1. The fourth-order valence-corrected chi connectivity index (χ4v) is 4.31. The number of nitriles is 1. The molecule has 4 nitrogen and oxygen atoms in total. The first-order valence-corrected chi connectivity index (χ1v) is 7.24. The summed E-state index contributed by atoms with van der Waals surface area (Å²) in [4.78, 5) is 16.5. The molecule has 2 aromatic rings. The lowest BCUT2D eigenvalue weighted by atomic mass is 9.48. The van der Waals surface area contributed by atoms with Crippen molar-refractivity contribution in [3.8, 4) is 6.07 Å². The van der Waals surface area contributed by atoms with E-state index in [-0.39, 0.29) is 12.3 Å². The standard InChI is InChI=1S/C18H14N2O2/c1-17(16(21)22)9-18(10-19)13-7-3-2-5-11(13)14(17)12-6-4-8-20-15(12)18/h2-8,14H,9H2,1H3,(H,21,22). The van der Waals surface area contributed by atoms with E-state index in [1.807, 2.05) is 36.4 Å². The molecule has 0 radical (unpaired) electrons. The number of hydrogen-bond donors (Lipinski definition) is 1. The highest BCUT2D eigenvalue weighted by Crippen LogP contribution is 2.62. The zero-order valence-electron chi connectivity index (χ0n) is 12.1. The largest absolute Gasteiger partial charge is 0.481 e. The van der Waals surface area contributed by atoms with Crippen molar-refractivity contribution < 1.29 is 9.90 Å². The summed E-state index contributed by atoms with van der Waals surface area (Å²) >= 11 is 0. The zero-order chi connectivity index (χ0) is 15.5. The number of aliphatic carboxylic acids is 1. The van der Waals surface area contributed by atoms with Crippen molar-refractivity contribution in [1.82, 2.24) is 4.98 Å². The maximum absolute atomic E-state index is 12.0. The molecule has 108 valence electrons. The van der Waals surface area contributed by atoms with Crippen molar-refractivity contribution in [1.29, 1.82) is 5.26 Å². The van der Waals surface area contributed by atoms with Crippen molar-refractivity contribution in [3.63, 3.8) is 0 Å². The number of benzene rings is 1. The molecule has 0 aliphatic heterocycles. The molecule has 4 heteroatoms. The molecule has 3 aliphatic carbocycles. The molecule has 22 heavy (non-hydrogen) atoms. The van der Waals surface area contributed by atoms with Crippen LogP contribution in [0.3, 0.4) is 0 Å². The van der Waals surface area contributed by atoms with Gasteiger partial charge in [0.25, 0.3) is 0 Å². The molecule has 0 fully saturated rings. The number of carboxylic acids is 1. The van der Waals surface area contributed by atoms with Gasteiger partial charge in [0.2, 0.25) is 0 Å². The van der Waals surface area contributed by atoms with Gasteiger partial charge in [-0.15, -0.1) is 0 Å². The Labute approximate surface area is 128 Å². The van der Waals surface area contributed by atoms with Gasteiger partial charge >= 0.3 is 5.97 Å². The summed E-state index contributed by atoms with van der Waals surface area (Å²) in [6.07, 6.45) is 1.94. The average molecular weight is 290 g/mol. The summed E-state index contributed by atoms with van der Waals surface area (Å²) in [5.74, 6) is -1.12. The van der Waals surface area contributed by atoms with Crippen LogP contribution in [0.2, 0.25) is 0 Å². The van der Waals surface area contributed by atoms with Gasteiger partial charge in [-0.2, -0.15) is 5.26 Å². The quantitative estimate of drug-likeness (QED) is 0.876. The van der Waals surface area contributed by atoms with Crippen LogP contribution in [-0.2, 0) is 10.2 Å². The maximum Gasteiger partial charge on any atom is 0.310 e. The molecule has 1 aromatic heterocycles. The number of aromatic nitrogens is 1. The smallest absolute Gasteiger partial charge is 0.310 e. The number of fused-ring (bicyclic) bond motifs is 1. The SMILES string of the molecule is CC1(C(=O)O)CC2(C#N)c3ccccc3C1c1cccnc12. The Balaban J connectivity index is 2.16. The van der Waals surface area contributed by atoms with Crippen molar-refractivity contribution in [2.75, 3.05) is 0 Å². The van der Waals surface area contributed by atoms with Crippen LogP contribution in [0, 0.1) is 16.7 Å². The highest BCUT2D eigenvalue weighted by Gasteiger charge is 2.62. The van der Waals surface area contributed by atoms with Crippen LogP contribution in [0.5, 0.6) is 0 Å². The Kier molecular flexibility index (Phi) is 2.34. The summed E-state index contributed by atoms with van der Waals surface area (Å²) in [5.41, 5.74) is 1.47. The van der Waals surface area contributed by atoms with Crippen LogP contribution in [-0.4, -0.2) is 16.1 Å². The fraction of sp³-hybridized carbons (Fsp3) is 0.278. The minimum atomic E-state index is -1.000. The van der Waals surface area contributed by atoms with Crippen LogP contribution < -0.4 is 0 Å². The Morgan fingerprint density at radius 3 is 2.77 bits per heavy atom. The summed E-state index contributed by atoms with van der Waals surface area (Å²) < 4.78 is 0. The Hall–Kier alpha value is -2.67. The van der Waals surface area contributed by atoms with Crippen molar-refractivity contribution >= 4 is 5.97 Å². The molecule has 0 spiro atoms. The molecule has 0 amide bonds. The van der Waals surface area contributed by atoms with E-state index in [0.717, 1.165) is 22.4 Å². The van der Waals surface area contributed by atoms with Crippen LogP contribution in [0.25, 0.3) is 0 Å². The van der Waals surface area contributed by atoms with E-state index in [9.17, 15) is 15.2 Å². The zero-order valence-corrected chi connectivity index (χ0v) is 12.1. The lowest BCUT2D eigenvalue weighted by Crippen LogP contribution is -2.52. The van der Waals surface area contributed by atoms with Crippen LogP contribution in [0.15, 0.2) is 42.6 Å². The minimum absolute atomic E-state index is 0.261. The number of pyridine rings is 1. The fourth-order valence-electron chi connectivity index (χ4n) is 4.31. The maximum atomic E-state index is 12.0. The van der Waals surface area contributed by atoms with E-state index >= 15 is 0 Å². The topological polar surface area (TPSA) is 74.0 Å².